The van der Waals surface area contributed by atoms with Crippen molar-refractivity contribution in [1.29, 1.82) is 0 Å². The van der Waals surface area contributed by atoms with Gasteiger partial charge in [0.2, 0.25) is 11.5 Å². The summed E-state index contributed by atoms with van der Waals surface area (Å²) in [7, 11) is 0. The second-order valence-corrected chi connectivity index (χ2v) is 7.26. The maximum Gasteiger partial charge on any atom is 0.424 e. The molecule has 6 nitrogen and oxygen atoms in total. The van der Waals surface area contributed by atoms with Crippen LogP contribution in [0.1, 0.15) is 18.2 Å². The fourth-order valence-corrected chi connectivity index (χ4v) is 3.25. The lowest BCUT2D eigenvalue weighted by Gasteiger charge is -2.30. The third kappa shape index (κ3) is 3.11. The molecule has 0 fully saturated rings. The predicted molar refractivity (Wildman–Crippen MR) is 95.7 cm³/mol. The first-order valence-electron chi connectivity index (χ1n) is 8.29. The molecule has 0 unspecified atom stereocenters. The Morgan fingerprint density at radius 3 is 2.62 bits per heavy atom. The van der Waals surface area contributed by atoms with Gasteiger partial charge in [-0.3, -0.25) is 4.79 Å². The quantitative estimate of drug-likeness (QED) is 0.641. The van der Waals surface area contributed by atoms with E-state index in [1.165, 1.54) is 19.1 Å². The molecule has 1 aliphatic rings. The van der Waals surface area contributed by atoms with Crippen molar-refractivity contribution < 1.29 is 32.2 Å². The van der Waals surface area contributed by atoms with Crippen LogP contribution in [0.4, 0.5) is 17.6 Å². The number of carbonyl (C=O) groups is 1. The molecule has 3 rings (SSSR count). The summed E-state index contributed by atoms with van der Waals surface area (Å²) in [6.07, 6.45) is -5.19. The molecule has 0 saturated carbocycles. The first-order valence-corrected chi connectivity index (χ1v) is 8.67. The molecule has 5 N–H and O–H groups in total. The number of aliphatic hydroxyl groups is 1. The highest BCUT2D eigenvalue weighted by atomic mass is 35.5. The summed E-state index contributed by atoms with van der Waals surface area (Å²) in [5, 5.41) is 9.87. The summed E-state index contributed by atoms with van der Waals surface area (Å²) in [4.78, 5) is 15.9. The molecule has 0 saturated heterocycles. The predicted octanol–water partition coefficient (Wildman–Crippen LogP) is 2.39. The molecule has 1 aromatic carbocycles. The summed E-state index contributed by atoms with van der Waals surface area (Å²) >= 11 is 5.98. The number of nitrogens with two attached hydrogens (primary N) is 2. The van der Waals surface area contributed by atoms with E-state index in [0.29, 0.717) is 0 Å². The van der Waals surface area contributed by atoms with Gasteiger partial charge in [-0.05, 0) is 19.1 Å². The van der Waals surface area contributed by atoms with Crippen LogP contribution >= 0.6 is 11.6 Å². The highest BCUT2D eigenvalue weighted by molar-refractivity contribution is 6.33. The van der Waals surface area contributed by atoms with Crippen LogP contribution in [0.2, 0.25) is 5.02 Å². The van der Waals surface area contributed by atoms with Gasteiger partial charge in [0.1, 0.15) is 29.3 Å². The second kappa shape index (κ2) is 6.82. The number of rotatable bonds is 4. The monoisotopic (exact) mass is 433 g/mol. The van der Waals surface area contributed by atoms with Crippen molar-refractivity contribution in [3.05, 3.63) is 46.4 Å². The topological polar surface area (TPSA) is 111 Å². The number of benzene rings is 1. The Hall–Kier alpha value is -2.43. The average molecular weight is 434 g/mol. The third-order valence-corrected chi connectivity index (χ3v) is 5.40. The van der Waals surface area contributed by atoms with Gasteiger partial charge in [-0.2, -0.15) is 13.2 Å². The molecule has 1 aliphatic heterocycles. The highest BCUT2D eigenvalue weighted by Gasteiger charge is 2.56. The number of hydrogen-bond acceptors (Lipinski definition) is 5. The highest BCUT2D eigenvalue weighted by Crippen LogP contribution is 2.48. The maximum absolute atomic E-state index is 14.0. The number of nitrogens with zero attached hydrogens (tertiary/aromatic N) is 1. The van der Waals surface area contributed by atoms with Gasteiger partial charge in [0, 0.05) is 17.7 Å². The molecule has 0 spiro atoms. The van der Waals surface area contributed by atoms with Gasteiger partial charge in [-0.15, -0.1) is 0 Å². The zero-order chi connectivity index (χ0) is 21.8. The van der Waals surface area contributed by atoms with Crippen LogP contribution in [0.3, 0.4) is 0 Å². The first-order chi connectivity index (χ1) is 13.4. The van der Waals surface area contributed by atoms with Crippen LogP contribution < -0.4 is 16.2 Å². The van der Waals surface area contributed by atoms with Crippen molar-refractivity contribution in [3.8, 4) is 17.0 Å². The number of hydrogen-bond donors (Lipinski definition) is 3. The Labute approximate surface area is 167 Å². The first kappa shape index (κ1) is 21.3. The number of amides is 1. The SMILES string of the molecule is C[C@]1(C(N)=O)COc2c1cc([C@@](O)(CN)C(F)(F)F)nc2-c1cccc(F)c1Cl. The van der Waals surface area contributed by atoms with E-state index >= 15 is 0 Å². The summed E-state index contributed by atoms with van der Waals surface area (Å²) in [6.45, 7) is -0.153. The van der Waals surface area contributed by atoms with Crippen LogP contribution in [-0.2, 0) is 15.8 Å². The number of ether oxygens (including phenoxy) is 1. The molecule has 2 atom stereocenters. The minimum Gasteiger partial charge on any atom is -0.489 e. The number of alkyl halides is 3. The van der Waals surface area contributed by atoms with E-state index in [4.69, 9.17) is 27.8 Å². The number of fused-ring (bicyclic) bond motifs is 1. The van der Waals surface area contributed by atoms with Gasteiger partial charge in [0.15, 0.2) is 0 Å². The van der Waals surface area contributed by atoms with E-state index in [9.17, 15) is 27.5 Å². The van der Waals surface area contributed by atoms with Gasteiger partial charge in [0.05, 0.1) is 10.7 Å². The summed E-state index contributed by atoms with van der Waals surface area (Å²) in [6, 6.07) is 4.52. The van der Waals surface area contributed by atoms with E-state index in [1.807, 2.05) is 0 Å². The van der Waals surface area contributed by atoms with Crippen molar-refractivity contribution in [3.63, 3.8) is 0 Å². The van der Waals surface area contributed by atoms with Crippen molar-refractivity contribution in [2.45, 2.75) is 24.1 Å². The number of pyridine rings is 1. The minimum absolute atomic E-state index is 0.0403. The van der Waals surface area contributed by atoms with Gasteiger partial charge in [0.25, 0.3) is 0 Å². The zero-order valence-corrected chi connectivity index (χ0v) is 15.7. The zero-order valence-electron chi connectivity index (χ0n) is 15.0. The number of carbonyl (C=O) groups excluding carboxylic acids is 1. The lowest BCUT2D eigenvalue weighted by Crippen LogP contribution is -2.49. The summed E-state index contributed by atoms with van der Waals surface area (Å²) < 4.78 is 60.2. The van der Waals surface area contributed by atoms with Crippen molar-refractivity contribution in [1.82, 2.24) is 4.98 Å². The molecule has 11 heteroatoms. The largest absolute Gasteiger partial charge is 0.489 e. The summed E-state index contributed by atoms with van der Waals surface area (Å²) in [5.74, 6) is -1.79. The van der Waals surface area contributed by atoms with Crippen molar-refractivity contribution >= 4 is 17.5 Å². The Balaban J connectivity index is 2.40. The maximum atomic E-state index is 14.0. The van der Waals surface area contributed by atoms with Gasteiger partial charge in [-0.1, -0.05) is 23.7 Å². The van der Waals surface area contributed by atoms with Crippen LogP contribution in [0.15, 0.2) is 24.3 Å². The molecular formula is C18H16ClF4N3O3. The molecule has 0 aliphatic carbocycles. The standard InChI is InChI=1S/C18H16ClF4N3O3/c1-16(15(25)27)7-29-14-9(16)5-11(17(28,6-24)18(21,22)23)26-13(14)8-3-2-4-10(20)12(8)19/h2-5,28H,6-7,24H2,1H3,(H2,25,27)/t16-,17-/m0/s1. The molecule has 2 aromatic rings. The van der Waals surface area contributed by atoms with Gasteiger partial charge in [-0.25, -0.2) is 9.37 Å². The van der Waals surface area contributed by atoms with Crippen LogP contribution in [0.5, 0.6) is 5.75 Å². The van der Waals surface area contributed by atoms with E-state index in [1.54, 1.807) is 0 Å². The molecular weight excluding hydrogens is 418 g/mol. The Kier molecular flexibility index (Phi) is 5.01. The number of primary amides is 1. The molecule has 2 heterocycles. The molecule has 1 aromatic heterocycles. The number of halogens is 5. The van der Waals surface area contributed by atoms with Gasteiger partial charge < -0.3 is 21.3 Å². The smallest absolute Gasteiger partial charge is 0.424 e. The normalized spacial score (nSPS) is 20.7. The van der Waals surface area contributed by atoms with E-state index in [-0.39, 0.29) is 29.2 Å². The molecule has 29 heavy (non-hydrogen) atoms. The van der Waals surface area contributed by atoms with Crippen molar-refractivity contribution in [2.24, 2.45) is 11.5 Å². The molecule has 156 valence electrons. The fourth-order valence-electron chi connectivity index (χ4n) is 3.03. The molecule has 0 radical (unpaired) electrons. The van der Waals surface area contributed by atoms with Crippen LogP contribution in [0, 0.1) is 5.82 Å². The second-order valence-electron chi connectivity index (χ2n) is 6.88. The Bertz CT molecular complexity index is 1000. The van der Waals surface area contributed by atoms with Gasteiger partial charge >= 0.3 is 6.18 Å². The average Bonchev–Trinajstić information content (AvgIpc) is 3.00. The molecule has 1 amide bonds. The minimum atomic E-state index is -5.19. The molecule has 0 bridgehead atoms. The lowest BCUT2D eigenvalue weighted by molar-refractivity contribution is -0.263. The van der Waals surface area contributed by atoms with E-state index < -0.39 is 46.2 Å². The number of aromatic nitrogens is 1. The van der Waals surface area contributed by atoms with E-state index in [0.717, 1.165) is 12.1 Å². The lowest BCUT2D eigenvalue weighted by atomic mass is 9.82. The van der Waals surface area contributed by atoms with Crippen LogP contribution in [-0.4, -0.2) is 35.3 Å². The van der Waals surface area contributed by atoms with E-state index in [2.05, 4.69) is 4.98 Å². The Morgan fingerprint density at radius 2 is 2.07 bits per heavy atom. The van der Waals surface area contributed by atoms with Crippen molar-refractivity contribution in [2.75, 3.05) is 13.2 Å². The fraction of sp³-hybridized carbons (Fsp3) is 0.333. The third-order valence-electron chi connectivity index (χ3n) is 5.01. The Morgan fingerprint density at radius 1 is 1.41 bits per heavy atom. The summed E-state index contributed by atoms with van der Waals surface area (Å²) in [5.41, 5.74) is 4.32. The van der Waals surface area contributed by atoms with Crippen LogP contribution in [0.25, 0.3) is 11.3 Å².